The molecule has 5 nitrogen and oxygen atoms in total. The monoisotopic (exact) mass is 253 g/mol. The van der Waals surface area contributed by atoms with Crippen LogP contribution in [-0.2, 0) is 6.54 Å². The Labute approximate surface area is 102 Å². The number of aromatic amines is 1. The number of allylic oxidation sites excluding steroid dienone is 1. The topological polar surface area (TPSA) is 72.5 Å². The molecule has 0 atom stereocenters. The summed E-state index contributed by atoms with van der Waals surface area (Å²) in [5.41, 5.74) is 6.52. The van der Waals surface area contributed by atoms with E-state index in [0.29, 0.717) is 16.4 Å². The summed E-state index contributed by atoms with van der Waals surface area (Å²) in [6.07, 6.45) is 1.77. The van der Waals surface area contributed by atoms with Crippen LogP contribution in [-0.4, -0.2) is 19.7 Å². The molecule has 3 N–H and O–H groups in total. The molecule has 84 valence electrons. The van der Waals surface area contributed by atoms with E-state index in [1.165, 1.54) is 11.3 Å². The summed E-state index contributed by atoms with van der Waals surface area (Å²) in [6, 6.07) is 0. The Morgan fingerprint density at radius 1 is 1.69 bits per heavy atom. The van der Waals surface area contributed by atoms with Crippen molar-refractivity contribution in [3.05, 3.63) is 23.1 Å². The highest BCUT2D eigenvalue weighted by atomic mass is 32.1. The molecule has 0 aliphatic heterocycles. The van der Waals surface area contributed by atoms with Crippen molar-refractivity contribution in [2.24, 2.45) is 0 Å². The van der Waals surface area contributed by atoms with E-state index in [0.717, 1.165) is 16.4 Å². The average Bonchev–Trinajstić information content (AvgIpc) is 2.73. The van der Waals surface area contributed by atoms with Crippen LogP contribution in [0.25, 0.3) is 10.7 Å². The normalized spacial score (nSPS) is 10.6. The van der Waals surface area contributed by atoms with E-state index < -0.39 is 0 Å². The van der Waals surface area contributed by atoms with Crippen molar-refractivity contribution in [3.63, 3.8) is 0 Å². The van der Waals surface area contributed by atoms with Crippen molar-refractivity contribution in [1.82, 2.24) is 19.7 Å². The van der Waals surface area contributed by atoms with Gasteiger partial charge >= 0.3 is 0 Å². The number of hydrogen-bond acceptors (Lipinski definition) is 5. The summed E-state index contributed by atoms with van der Waals surface area (Å²) in [5, 5.41) is 7.49. The Morgan fingerprint density at radius 2 is 2.44 bits per heavy atom. The zero-order valence-electron chi connectivity index (χ0n) is 8.73. The number of aryl methyl sites for hydroxylation is 1. The number of anilines is 1. The second kappa shape index (κ2) is 4.18. The molecule has 0 aromatic carbocycles. The van der Waals surface area contributed by atoms with Gasteiger partial charge in [-0.3, -0.25) is 9.67 Å². The van der Waals surface area contributed by atoms with Crippen molar-refractivity contribution >= 4 is 28.7 Å². The van der Waals surface area contributed by atoms with Crippen LogP contribution >= 0.6 is 23.6 Å². The van der Waals surface area contributed by atoms with Crippen LogP contribution in [0.3, 0.4) is 0 Å². The van der Waals surface area contributed by atoms with Crippen LogP contribution in [0.2, 0.25) is 0 Å². The van der Waals surface area contributed by atoms with Crippen LogP contribution in [0.1, 0.15) is 5.69 Å². The summed E-state index contributed by atoms with van der Waals surface area (Å²) in [7, 11) is 0. The minimum absolute atomic E-state index is 0.534. The molecule has 16 heavy (non-hydrogen) atoms. The number of nitrogens with zero attached hydrogens (tertiary/aromatic N) is 3. The average molecular weight is 253 g/mol. The minimum Gasteiger partial charge on any atom is -0.375 e. The van der Waals surface area contributed by atoms with Gasteiger partial charge in [0.2, 0.25) is 0 Å². The van der Waals surface area contributed by atoms with Gasteiger partial charge in [0.25, 0.3) is 0 Å². The Bertz CT molecular complexity index is 577. The van der Waals surface area contributed by atoms with Gasteiger partial charge in [-0.25, -0.2) is 4.98 Å². The molecular weight excluding hydrogens is 242 g/mol. The molecule has 2 aromatic heterocycles. The van der Waals surface area contributed by atoms with Crippen LogP contribution in [0.5, 0.6) is 0 Å². The maximum atomic E-state index is 5.66. The number of nitrogens with two attached hydrogens (primary N) is 1. The zero-order valence-corrected chi connectivity index (χ0v) is 10.4. The quantitative estimate of drug-likeness (QED) is 0.649. The van der Waals surface area contributed by atoms with Crippen LogP contribution < -0.4 is 5.73 Å². The van der Waals surface area contributed by atoms with Gasteiger partial charge in [-0.2, -0.15) is 5.10 Å². The number of hydrogen-bond donors (Lipinski definition) is 2. The van der Waals surface area contributed by atoms with Crippen molar-refractivity contribution < 1.29 is 0 Å². The first-order chi connectivity index (χ1) is 7.63. The lowest BCUT2D eigenvalue weighted by molar-refractivity contribution is 0.814. The van der Waals surface area contributed by atoms with Crippen LogP contribution in [0.4, 0.5) is 5.13 Å². The lowest BCUT2D eigenvalue weighted by Crippen LogP contribution is -1.98. The van der Waals surface area contributed by atoms with Gasteiger partial charge in [0.15, 0.2) is 15.7 Å². The predicted molar refractivity (Wildman–Crippen MR) is 67.9 cm³/mol. The fraction of sp³-hybridized carbons (Fsp3) is 0.222. The van der Waals surface area contributed by atoms with Crippen molar-refractivity contribution in [1.29, 1.82) is 0 Å². The van der Waals surface area contributed by atoms with Crippen molar-refractivity contribution in [2.75, 3.05) is 5.73 Å². The fourth-order valence-electron chi connectivity index (χ4n) is 1.41. The molecule has 0 amide bonds. The number of nitrogens with one attached hydrogen (secondary N) is 1. The second-order valence-electron chi connectivity index (χ2n) is 3.22. The first-order valence-corrected chi connectivity index (χ1v) is 5.85. The summed E-state index contributed by atoms with van der Waals surface area (Å²) >= 11 is 6.54. The number of thiazole rings is 1. The molecule has 0 unspecified atom stereocenters. The molecule has 0 bridgehead atoms. The number of nitrogen functional groups attached to an aromatic ring is 1. The summed E-state index contributed by atoms with van der Waals surface area (Å²) < 4.78 is 2.43. The van der Waals surface area contributed by atoms with Crippen LogP contribution in [0.15, 0.2) is 12.7 Å². The van der Waals surface area contributed by atoms with Crippen molar-refractivity contribution in [2.45, 2.75) is 13.5 Å². The van der Waals surface area contributed by atoms with Gasteiger partial charge in [-0.15, -0.1) is 6.58 Å². The maximum Gasteiger partial charge on any atom is 0.195 e. The van der Waals surface area contributed by atoms with E-state index in [1.54, 1.807) is 6.08 Å². The molecule has 7 heteroatoms. The standard InChI is InChI=1S/C9H11N5S2/c1-3-4-14-7(12-13-9(14)15)6-5(2)11-8(10)16-6/h3H,1,4H2,2H3,(H2,10,11)(H,13,15). The number of rotatable bonds is 3. The molecule has 0 saturated carbocycles. The molecule has 0 fully saturated rings. The van der Waals surface area contributed by atoms with Gasteiger partial charge < -0.3 is 5.73 Å². The lowest BCUT2D eigenvalue weighted by atomic mass is 10.4. The highest BCUT2D eigenvalue weighted by Gasteiger charge is 2.14. The Morgan fingerprint density at radius 3 is 3.00 bits per heavy atom. The third-order valence-corrected chi connectivity index (χ3v) is 3.38. The first kappa shape index (κ1) is 11.0. The van der Waals surface area contributed by atoms with Gasteiger partial charge in [0.1, 0.15) is 0 Å². The molecule has 0 aliphatic carbocycles. The molecule has 0 aliphatic rings. The fourth-order valence-corrected chi connectivity index (χ4v) is 2.45. The molecular formula is C9H11N5S2. The summed E-state index contributed by atoms with van der Waals surface area (Å²) in [6.45, 7) is 6.21. The van der Waals surface area contributed by atoms with E-state index in [2.05, 4.69) is 21.8 Å². The SMILES string of the molecule is C=CCn1c(-c2sc(N)nc2C)n[nH]c1=S. The van der Waals surface area contributed by atoms with E-state index in [9.17, 15) is 0 Å². The van der Waals surface area contributed by atoms with Crippen molar-refractivity contribution in [3.8, 4) is 10.7 Å². The van der Waals surface area contributed by atoms with Crippen LogP contribution in [0, 0.1) is 11.7 Å². The Kier molecular flexibility index (Phi) is 2.88. The highest BCUT2D eigenvalue weighted by molar-refractivity contribution is 7.71. The van der Waals surface area contributed by atoms with E-state index in [1.807, 2.05) is 11.5 Å². The van der Waals surface area contributed by atoms with E-state index >= 15 is 0 Å². The Balaban J connectivity index is 2.59. The van der Waals surface area contributed by atoms with Gasteiger partial charge in [-0.1, -0.05) is 17.4 Å². The predicted octanol–water partition coefficient (Wildman–Crippen LogP) is 2.14. The van der Waals surface area contributed by atoms with E-state index in [4.69, 9.17) is 18.0 Å². The van der Waals surface area contributed by atoms with Gasteiger partial charge in [-0.05, 0) is 19.1 Å². The second-order valence-corrected chi connectivity index (χ2v) is 4.64. The highest BCUT2D eigenvalue weighted by Crippen LogP contribution is 2.29. The third-order valence-electron chi connectivity index (χ3n) is 2.09. The molecule has 0 spiro atoms. The third kappa shape index (κ3) is 1.79. The molecule has 0 radical (unpaired) electrons. The van der Waals surface area contributed by atoms with Gasteiger partial charge in [0, 0.05) is 6.54 Å². The molecule has 2 heterocycles. The number of H-pyrrole nitrogens is 1. The largest absolute Gasteiger partial charge is 0.375 e. The number of aromatic nitrogens is 4. The zero-order chi connectivity index (χ0) is 11.7. The first-order valence-electron chi connectivity index (χ1n) is 4.63. The van der Waals surface area contributed by atoms with E-state index in [-0.39, 0.29) is 0 Å². The summed E-state index contributed by atoms with van der Waals surface area (Å²) in [5.74, 6) is 0.761. The lowest BCUT2D eigenvalue weighted by Gasteiger charge is -2.01. The smallest absolute Gasteiger partial charge is 0.195 e. The maximum absolute atomic E-state index is 5.66. The molecule has 2 rings (SSSR count). The Hall–Kier alpha value is -1.47. The molecule has 0 saturated heterocycles. The molecule has 2 aromatic rings. The minimum atomic E-state index is 0.534. The summed E-state index contributed by atoms with van der Waals surface area (Å²) in [4.78, 5) is 5.10. The van der Waals surface area contributed by atoms with Gasteiger partial charge in [0.05, 0.1) is 10.6 Å².